The van der Waals surface area contributed by atoms with Crippen LogP contribution in [0.4, 0.5) is 4.39 Å². The molecule has 2 heteroatoms. The molecule has 16 heavy (non-hydrogen) atoms. The first-order chi connectivity index (χ1) is 7.81. The highest BCUT2D eigenvalue weighted by Gasteiger charge is 2.05. The molecule has 1 aromatic carbocycles. The van der Waals surface area contributed by atoms with E-state index in [2.05, 4.69) is 11.9 Å². The molecule has 1 aromatic heterocycles. The minimum absolute atomic E-state index is 0.310. The van der Waals surface area contributed by atoms with E-state index in [1.165, 1.54) is 0 Å². The number of hydrogen-bond acceptors (Lipinski definition) is 1. The molecule has 0 atom stereocenters. The lowest BCUT2D eigenvalue weighted by Crippen LogP contribution is -1.95. The van der Waals surface area contributed by atoms with E-state index in [4.69, 9.17) is 0 Å². The fourth-order valence-electron chi connectivity index (χ4n) is 1.88. The molecule has 0 radical (unpaired) electrons. The van der Waals surface area contributed by atoms with Gasteiger partial charge < -0.3 is 0 Å². The number of unbranched alkanes of at least 4 members (excludes halogenated alkanes) is 2. The Balaban J connectivity index is 2.27. The van der Waals surface area contributed by atoms with Gasteiger partial charge in [0.1, 0.15) is 0 Å². The molecule has 2 rings (SSSR count). The SMILES string of the molecule is CCCCCc1cc2ccccc2nc1F. The third-order valence-corrected chi connectivity index (χ3v) is 2.80. The van der Waals surface area contributed by atoms with Crippen molar-refractivity contribution in [1.29, 1.82) is 0 Å². The van der Waals surface area contributed by atoms with Crippen LogP contribution in [0, 0.1) is 5.95 Å². The molecule has 0 N–H and O–H groups in total. The summed E-state index contributed by atoms with van der Waals surface area (Å²) in [5.74, 6) is -0.310. The fourth-order valence-corrected chi connectivity index (χ4v) is 1.88. The summed E-state index contributed by atoms with van der Waals surface area (Å²) in [5, 5.41) is 1.02. The zero-order valence-corrected chi connectivity index (χ0v) is 9.54. The fraction of sp³-hybridized carbons (Fsp3) is 0.357. The molecule has 0 amide bonds. The summed E-state index contributed by atoms with van der Waals surface area (Å²) in [6, 6.07) is 9.58. The van der Waals surface area contributed by atoms with Crippen molar-refractivity contribution in [1.82, 2.24) is 4.98 Å². The Hall–Kier alpha value is -1.44. The van der Waals surface area contributed by atoms with Crippen LogP contribution in [0.5, 0.6) is 0 Å². The highest BCUT2D eigenvalue weighted by atomic mass is 19.1. The molecule has 0 aliphatic rings. The number of rotatable bonds is 4. The predicted molar refractivity (Wildman–Crippen MR) is 64.9 cm³/mol. The summed E-state index contributed by atoms with van der Waals surface area (Å²) in [4.78, 5) is 3.99. The Morgan fingerprint density at radius 2 is 2.00 bits per heavy atom. The first-order valence-electron chi connectivity index (χ1n) is 5.85. The highest BCUT2D eigenvalue weighted by molar-refractivity contribution is 5.78. The van der Waals surface area contributed by atoms with Gasteiger partial charge in [0, 0.05) is 10.9 Å². The summed E-state index contributed by atoms with van der Waals surface area (Å²) in [5.41, 5.74) is 1.48. The van der Waals surface area contributed by atoms with E-state index < -0.39 is 0 Å². The van der Waals surface area contributed by atoms with Gasteiger partial charge in [0.2, 0.25) is 5.95 Å². The first kappa shape index (κ1) is 11.1. The maximum Gasteiger partial charge on any atom is 0.216 e. The lowest BCUT2D eigenvalue weighted by molar-refractivity contribution is 0.564. The van der Waals surface area contributed by atoms with Crippen molar-refractivity contribution in [3.8, 4) is 0 Å². The first-order valence-corrected chi connectivity index (χ1v) is 5.85. The number of benzene rings is 1. The van der Waals surface area contributed by atoms with Crippen molar-refractivity contribution in [2.75, 3.05) is 0 Å². The summed E-state index contributed by atoms with van der Waals surface area (Å²) >= 11 is 0. The zero-order chi connectivity index (χ0) is 11.4. The Kier molecular flexibility index (Phi) is 3.50. The number of pyridine rings is 1. The molecule has 0 saturated carbocycles. The van der Waals surface area contributed by atoms with Gasteiger partial charge in [0.25, 0.3) is 0 Å². The van der Waals surface area contributed by atoms with Gasteiger partial charge in [-0.05, 0) is 25.0 Å². The number of para-hydroxylation sites is 1. The Morgan fingerprint density at radius 1 is 1.19 bits per heavy atom. The summed E-state index contributed by atoms with van der Waals surface area (Å²) in [6.45, 7) is 2.15. The number of aryl methyl sites for hydroxylation is 1. The minimum Gasteiger partial charge on any atom is -0.219 e. The van der Waals surface area contributed by atoms with Crippen LogP contribution < -0.4 is 0 Å². The number of aromatic nitrogens is 1. The molecule has 0 saturated heterocycles. The Bertz CT molecular complexity index is 479. The van der Waals surface area contributed by atoms with Crippen LogP contribution in [0.3, 0.4) is 0 Å². The zero-order valence-electron chi connectivity index (χ0n) is 9.54. The van der Waals surface area contributed by atoms with Crippen LogP contribution in [0.1, 0.15) is 31.7 Å². The van der Waals surface area contributed by atoms with E-state index in [1.54, 1.807) is 0 Å². The van der Waals surface area contributed by atoms with Crippen molar-refractivity contribution >= 4 is 10.9 Å². The third-order valence-electron chi connectivity index (χ3n) is 2.80. The highest BCUT2D eigenvalue weighted by Crippen LogP contribution is 2.17. The van der Waals surface area contributed by atoms with Crippen LogP contribution in [0.2, 0.25) is 0 Å². The molecule has 84 valence electrons. The van der Waals surface area contributed by atoms with Crippen molar-refractivity contribution in [2.24, 2.45) is 0 Å². The molecule has 0 unspecified atom stereocenters. The normalized spacial score (nSPS) is 10.9. The van der Waals surface area contributed by atoms with Gasteiger partial charge in [-0.25, -0.2) is 4.98 Å². The van der Waals surface area contributed by atoms with Gasteiger partial charge in [-0.2, -0.15) is 4.39 Å². The second kappa shape index (κ2) is 5.06. The van der Waals surface area contributed by atoms with E-state index in [1.807, 2.05) is 30.3 Å². The van der Waals surface area contributed by atoms with Gasteiger partial charge in [-0.1, -0.05) is 38.0 Å². The Morgan fingerprint density at radius 3 is 2.81 bits per heavy atom. The molecule has 0 fully saturated rings. The number of halogens is 1. The summed E-state index contributed by atoms with van der Waals surface area (Å²) in [6.07, 6.45) is 4.12. The Labute approximate surface area is 95.3 Å². The van der Waals surface area contributed by atoms with Crippen molar-refractivity contribution < 1.29 is 4.39 Å². The van der Waals surface area contributed by atoms with E-state index >= 15 is 0 Å². The van der Waals surface area contributed by atoms with Gasteiger partial charge >= 0.3 is 0 Å². The lowest BCUT2D eigenvalue weighted by Gasteiger charge is -2.04. The van der Waals surface area contributed by atoms with Crippen molar-refractivity contribution in [2.45, 2.75) is 32.6 Å². The number of nitrogens with zero attached hydrogens (tertiary/aromatic N) is 1. The lowest BCUT2D eigenvalue weighted by atomic mass is 10.1. The van der Waals surface area contributed by atoms with Crippen molar-refractivity contribution in [3.63, 3.8) is 0 Å². The van der Waals surface area contributed by atoms with E-state index in [-0.39, 0.29) is 5.95 Å². The molecule has 2 aromatic rings. The van der Waals surface area contributed by atoms with E-state index in [0.717, 1.165) is 42.1 Å². The summed E-state index contributed by atoms with van der Waals surface area (Å²) in [7, 11) is 0. The maximum atomic E-state index is 13.6. The van der Waals surface area contributed by atoms with Crippen LogP contribution in [0.25, 0.3) is 10.9 Å². The largest absolute Gasteiger partial charge is 0.219 e. The van der Waals surface area contributed by atoms with Gasteiger partial charge in [0.15, 0.2) is 0 Å². The smallest absolute Gasteiger partial charge is 0.216 e. The van der Waals surface area contributed by atoms with Gasteiger partial charge in [0.05, 0.1) is 5.52 Å². The van der Waals surface area contributed by atoms with Gasteiger partial charge in [-0.15, -0.1) is 0 Å². The number of fused-ring (bicyclic) bond motifs is 1. The average molecular weight is 217 g/mol. The van der Waals surface area contributed by atoms with Crippen LogP contribution >= 0.6 is 0 Å². The van der Waals surface area contributed by atoms with Crippen LogP contribution in [-0.4, -0.2) is 4.98 Å². The minimum atomic E-state index is -0.310. The van der Waals surface area contributed by atoms with Crippen molar-refractivity contribution in [3.05, 3.63) is 41.8 Å². The number of hydrogen-bond donors (Lipinski definition) is 0. The molecule has 0 aliphatic heterocycles. The average Bonchev–Trinajstić information content (AvgIpc) is 2.30. The standard InChI is InChI=1S/C14H16FN/c1-2-3-4-8-12-10-11-7-5-6-9-13(11)16-14(12)15/h5-7,9-10H,2-4,8H2,1H3. The van der Waals surface area contributed by atoms with E-state index in [0.29, 0.717) is 0 Å². The molecular weight excluding hydrogens is 201 g/mol. The second-order valence-corrected chi connectivity index (χ2v) is 4.09. The monoisotopic (exact) mass is 217 g/mol. The quantitative estimate of drug-likeness (QED) is 0.555. The molecule has 0 aliphatic carbocycles. The molecule has 1 nitrogen and oxygen atoms in total. The topological polar surface area (TPSA) is 12.9 Å². The molecule has 0 spiro atoms. The van der Waals surface area contributed by atoms with Gasteiger partial charge in [-0.3, -0.25) is 0 Å². The van der Waals surface area contributed by atoms with Crippen LogP contribution in [-0.2, 0) is 6.42 Å². The molecular formula is C14H16FN. The maximum absolute atomic E-state index is 13.6. The molecule has 1 heterocycles. The summed E-state index contributed by atoms with van der Waals surface area (Å²) < 4.78 is 13.6. The third kappa shape index (κ3) is 2.38. The van der Waals surface area contributed by atoms with Crippen LogP contribution in [0.15, 0.2) is 30.3 Å². The second-order valence-electron chi connectivity index (χ2n) is 4.09. The molecule has 0 bridgehead atoms. The predicted octanol–water partition coefficient (Wildman–Crippen LogP) is 4.11. The van der Waals surface area contributed by atoms with E-state index in [9.17, 15) is 4.39 Å².